The Balaban J connectivity index is 2.10. The molecule has 9 N–H and O–H groups in total. The van der Waals surface area contributed by atoms with Gasteiger partial charge in [0, 0.05) is 12.8 Å². The highest BCUT2D eigenvalue weighted by molar-refractivity contribution is 5.94. The molecule has 4 atom stereocenters. The fraction of sp³-hybridized carbons (Fsp3) is 0.346. The van der Waals surface area contributed by atoms with Crippen LogP contribution in [0.3, 0.4) is 0 Å². The first kappa shape index (κ1) is 29.8. The Morgan fingerprint density at radius 3 is 1.95 bits per heavy atom. The summed E-state index contributed by atoms with van der Waals surface area (Å²) in [4.78, 5) is 60.9. The van der Waals surface area contributed by atoms with Gasteiger partial charge in [0.1, 0.15) is 23.9 Å². The number of nitrogens with two attached hydrogens (primary N) is 2. The van der Waals surface area contributed by atoms with Gasteiger partial charge in [0.05, 0.1) is 6.04 Å². The molecule has 0 aliphatic rings. The lowest BCUT2D eigenvalue weighted by Gasteiger charge is -2.24. The fourth-order valence-electron chi connectivity index (χ4n) is 3.54. The number of primary amides is 1. The number of aromatic hydroxyl groups is 1. The van der Waals surface area contributed by atoms with Crippen molar-refractivity contribution in [1.82, 2.24) is 16.0 Å². The predicted octanol–water partition coefficient (Wildman–Crippen LogP) is -0.671. The fourth-order valence-corrected chi connectivity index (χ4v) is 3.54. The number of hydrogen-bond acceptors (Lipinski definition) is 7. The molecule has 2 rings (SSSR count). The molecule has 12 heteroatoms. The third-order valence-corrected chi connectivity index (χ3v) is 5.69. The van der Waals surface area contributed by atoms with Crippen LogP contribution in [0.25, 0.3) is 0 Å². The van der Waals surface area contributed by atoms with Crippen LogP contribution in [-0.2, 0) is 36.8 Å². The Morgan fingerprint density at radius 1 is 0.789 bits per heavy atom. The number of carbonyl (C=O) groups excluding carboxylic acids is 4. The van der Waals surface area contributed by atoms with E-state index >= 15 is 0 Å². The first-order valence-corrected chi connectivity index (χ1v) is 12.0. The number of aliphatic carboxylic acids is 1. The van der Waals surface area contributed by atoms with E-state index in [2.05, 4.69) is 16.0 Å². The Morgan fingerprint density at radius 2 is 1.37 bits per heavy atom. The zero-order valence-corrected chi connectivity index (χ0v) is 20.9. The van der Waals surface area contributed by atoms with Gasteiger partial charge in [-0.15, -0.1) is 0 Å². The number of carbonyl (C=O) groups is 5. The maximum absolute atomic E-state index is 13.1. The molecule has 0 aromatic heterocycles. The summed E-state index contributed by atoms with van der Waals surface area (Å²) in [5.74, 6) is -4.13. The third-order valence-electron chi connectivity index (χ3n) is 5.69. The summed E-state index contributed by atoms with van der Waals surface area (Å²) >= 11 is 0. The molecule has 4 amide bonds. The van der Waals surface area contributed by atoms with Gasteiger partial charge >= 0.3 is 5.97 Å². The number of amides is 4. The van der Waals surface area contributed by atoms with Crippen LogP contribution < -0.4 is 27.4 Å². The predicted molar refractivity (Wildman–Crippen MR) is 137 cm³/mol. The standard InChI is InChI=1S/C26H33N5O7/c1-15(23(34)30-20(26(37)38)11-12-22(28)33)29-25(36)21(14-17-7-9-18(32)10-8-17)31-24(35)19(27)13-16-5-3-2-4-6-16/h2-10,15,19-21,32H,11-14,27H2,1H3,(H2,28,33)(H,29,36)(H,30,34)(H,31,35)(H,37,38). The van der Waals surface area contributed by atoms with Crippen LogP contribution in [0.4, 0.5) is 0 Å². The zero-order valence-electron chi connectivity index (χ0n) is 20.9. The van der Waals surface area contributed by atoms with Crippen molar-refractivity contribution in [2.45, 2.75) is 56.8 Å². The van der Waals surface area contributed by atoms with Crippen LogP contribution in [0.15, 0.2) is 54.6 Å². The Kier molecular flexibility index (Phi) is 11.2. The number of carboxylic acid groups (broad SMARTS) is 1. The molecule has 2 aromatic carbocycles. The Hall–Kier alpha value is -4.45. The van der Waals surface area contributed by atoms with Gasteiger partial charge in [0.15, 0.2) is 0 Å². The molecule has 0 aliphatic carbocycles. The van der Waals surface area contributed by atoms with Crippen LogP contribution in [0.2, 0.25) is 0 Å². The number of phenols is 1. The van der Waals surface area contributed by atoms with Crippen molar-refractivity contribution in [2.24, 2.45) is 11.5 Å². The summed E-state index contributed by atoms with van der Waals surface area (Å²) in [6.45, 7) is 1.35. The summed E-state index contributed by atoms with van der Waals surface area (Å²) < 4.78 is 0. The third kappa shape index (κ3) is 9.90. The maximum atomic E-state index is 13.1. The van der Waals surface area contributed by atoms with Gasteiger partial charge in [-0.2, -0.15) is 0 Å². The van der Waals surface area contributed by atoms with E-state index < -0.39 is 53.8 Å². The van der Waals surface area contributed by atoms with Crippen molar-refractivity contribution in [1.29, 1.82) is 0 Å². The van der Waals surface area contributed by atoms with E-state index in [-0.39, 0.29) is 31.4 Å². The van der Waals surface area contributed by atoms with Crippen molar-refractivity contribution >= 4 is 29.6 Å². The van der Waals surface area contributed by atoms with E-state index in [1.54, 1.807) is 12.1 Å². The SMILES string of the molecule is CC(NC(=O)C(Cc1ccc(O)cc1)NC(=O)C(N)Cc1ccccc1)C(=O)NC(CCC(N)=O)C(=O)O. The highest BCUT2D eigenvalue weighted by Crippen LogP contribution is 2.12. The molecule has 0 spiro atoms. The lowest BCUT2D eigenvalue weighted by Crippen LogP contribution is -2.57. The highest BCUT2D eigenvalue weighted by Gasteiger charge is 2.28. The van der Waals surface area contributed by atoms with Crippen molar-refractivity contribution in [2.75, 3.05) is 0 Å². The number of hydrogen-bond donors (Lipinski definition) is 7. The number of phenolic OH excluding ortho intramolecular Hbond substituents is 1. The van der Waals surface area contributed by atoms with E-state index in [1.807, 2.05) is 30.3 Å². The summed E-state index contributed by atoms with van der Waals surface area (Å²) in [6.07, 6.45) is -0.195. The number of rotatable bonds is 14. The summed E-state index contributed by atoms with van der Waals surface area (Å²) in [7, 11) is 0. The van der Waals surface area contributed by atoms with Crippen molar-refractivity contribution in [3.05, 3.63) is 65.7 Å². The van der Waals surface area contributed by atoms with E-state index in [1.165, 1.54) is 19.1 Å². The minimum Gasteiger partial charge on any atom is -0.508 e. The quantitative estimate of drug-likeness (QED) is 0.167. The first-order chi connectivity index (χ1) is 18.0. The Labute approximate surface area is 219 Å². The average Bonchev–Trinajstić information content (AvgIpc) is 2.87. The molecule has 4 unspecified atom stereocenters. The second kappa shape index (κ2) is 14.3. The van der Waals surface area contributed by atoms with Gasteiger partial charge in [0.2, 0.25) is 23.6 Å². The van der Waals surface area contributed by atoms with E-state index in [4.69, 9.17) is 11.5 Å². The first-order valence-electron chi connectivity index (χ1n) is 12.0. The molecular formula is C26H33N5O7. The van der Waals surface area contributed by atoms with E-state index in [9.17, 15) is 34.2 Å². The lowest BCUT2D eigenvalue weighted by atomic mass is 10.0. The smallest absolute Gasteiger partial charge is 0.326 e. The average molecular weight is 528 g/mol. The van der Waals surface area contributed by atoms with Crippen LogP contribution in [0, 0.1) is 0 Å². The summed E-state index contributed by atoms with van der Waals surface area (Å²) in [6, 6.07) is 10.5. The minimum absolute atomic E-state index is 0.0262. The molecule has 2 aromatic rings. The topological polar surface area (TPSA) is 214 Å². The zero-order chi connectivity index (χ0) is 28.2. The molecule has 0 saturated carbocycles. The summed E-state index contributed by atoms with van der Waals surface area (Å²) in [5.41, 5.74) is 12.6. The molecule has 12 nitrogen and oxygen atoms in total. The van der Waals surface area contributed by atoms with E-state index in [0.29, 0.717) is 5.56 Å². The number of carboxylic acids is 1. The Bertz CT molecular complexity index is 1120. The van der Waals surface area contributed by atoms with Crippen LogP contribution in [-0.4, -0.2) is 64.0 Å². The minimum atomic E-state index is -1.38. The number of benzene rings is 2. The van der Waals surface area contributed by atoms with Crippen molar-refractivity contribution in [3.63, 3.8) is 0 Å². The van der Waals surface area contributed by atoms with Crippen molar-refractivity contribution < 1.29 is 34.2 Å². The molecule has 0 heterocycles. The van der Waals surface area contributed by atoms with Crippen molar-refractivity contribution in [3.8, 4) is 5.75 Å². The highest BCUT2D eigenvalue weighted by atomic mass is 16.4. The second-order valence-corrected chi connectivity index (χ2v) is 8.86. The van der Waals surface area contributed by atoms with Gasteiger partial charge in [0.25, 0.3) is 0 Å². The molecular weight excluding hydrogens is 494 g/mol. The van der Waals surface area contributed by atoms with Gasteiger partial charge < -0.3 is 37.6 Å². The molecule has 0 bridgehead atoms. The molecule has 204 valence electrons. The van der Waals surface area contributed by atoms with Crippen LogP contribution >= 0.6 is 0 Å². The number of nitrogens with one attached hydrogen (secondary N) is 3. The van der Waals surface area contributed by atoms with Crippen LogP contribution in [0.5, 0.6) is 5.75 Å². The summed E-state index contributed by atoms with van der Waals surface area (Å²) in [5, 5.41) is 26.2. The van der Waals surface area contributed by atoms with Gasteiger partial charge in [-0.3, -0.25) is 19.2 Å². The molecule has 0 fully saturated rings. The monoisotopic (exact) mass is 527 g/mol. The van der Waals surface area contributed by atoms with Crippen LogP contribution in [0.1, 0.15) is 30.9 Å². The molecule has 0 aliphatic heterocycles. The molecule has 0 radical (unpaired) electrons. The molecule has 38 heavy (non-hydrogen) atoms. The maximum Gasteiger partial charge on any atom is 0.326 e. The second-order valence-electron chi connectivity index (χ2n) is 8.86. The normalized spacial score (nSPS) is 13.8. The van der Waals surface area contributed by atoms with Gasteiger partial charge in [-0.25, -0.2) is 4.79 Å². The van der Waals surface area contributed by atoms with Gasteiger partial charge in [-0.05, 0) is 43.0 Å². The van der Waals surface area contributed by atoms with E-state index in [0.717, 1.165) is 5.56 Å². The molecule has 0 saturated heterocycles. The lowest BCUT2D eigenvalue weighted by molar-refractivity contribution is -0.142. The largest absolute Gasteiger partial charge is 0.508 e. The van der Waals surface area contributed by atoms with Gasteiger partial charge in [-0.1, -0.05) is 42.5 Å².